The largest absolute Gasteiger partial charge is 0.392 e. The Labute approximate surface area is 90.9 Å². The minimum Gasteiger partial charge on any atom is -0.392 e. The van der Waals surface area contributed by atoms with Crippen LogP contribution in [0.4, 0.5) is 0 Å². The van der Waals surface area contributed by atoms with Gasteiger partial charge >= 0.3 is 0 Å². The van der Waals surface area contributed by atoms with E-state index in [1.54, 1.807) is 11.3 Å². The van der Waals surface area contributed by atoms with Crippen LogP contribution >= 0.6 is 27.3 Å². The zero-order valence-corrected chi connectivity index (χ0v) is 9.99. The summed E-state index contributed by atoms with van der Waals surface area (Å²) in [7, 11) is 0. The highest BCUT2D eigenvalue weighted by Crippen LogP contribution is 2.49. The lowest BCUT2D eigenvalue weighted by atomic mass is 9.64. The molecule has 0 spiro atoms. The molecular formula is C10H13BrOS. The molecule has 1 aromatic rings. The number of aliphatic hydroxyl groups is 1. The summed E-state index contributed by atoms with van der Waals surface area (Å²) in [5, 5.41) is 9.78. The first-order valence-corrected chi connectivity index (χ1v) is 6.20. The van der Waals surface area contributed by atoms with Crippen molar-refractivity contribution in [2.24, 2.45) is 0 Å². The number of halogens is 1. The average molecular weight is 261 g/mol. The molecule has 1 unspecified atom stereocenters. The molecule has 1 aliphatic rings. The van der Waals surface area contributed by atoms with Crippen LogP contribution in [0, 0.1) is 0 Å². The highest BCUT2D eigenvalue weighted by atomic mass is 79.9. The van der Waals surface area contributed by atoms with Crippen molar-refractivity contribution >= 4 is 27.3 Å². The van der Waals surface area contributed by atoms with E-state index in [0.717, 1.165) is 16.6 Å². The number of thiophene rings is 1. The Balaban J connectivity index is 2.31. The Kier molecular flexibility index (Phi) is 2.51. The predicted molar refractivity (Wildman–Crippen MR) is 59.2 cm³/mol. The standard InChI is InChI=1S/C10H13BrOS/c1-7(12)10(5-2-6-10)8-3-4-9(11)13-8/h3-4,7,12H,2,5-6H2,1H3. The van der Waals surface area contributed by atoms with Crippen molar-refractivity contribution in [3.63, 3.8) is 0 Å². The highest BCUT2D eigenvalue weighted by molar-refractivity contribution is 9.11. The first-order valence-electron chi connectivity index (χ1n) is 4.59. The van der Waals surface area contributed by atoms with E-state index in [-0.39, 0.29) is 11.5 Å². The molecular weight excluding hydrogens is 248 g/mol. The molecule has 2 rings (SSSR count). The van der Waals surface area contributed by atoms with E-state index >= 15 is 0 Å². The van der Waals surface area contributed by atoms with E-state index in [2.05, 4.69) is 28.1 Å². The van der Waals surface area contributed by atoms with Gasteiger partial charge in [-0.15, -0.1) is 11.3 Å². The maximum absolute atomic E-state index is 9.78. The molecule has 1 aromatic heterocycles. The second-order valence-electron chi connectivity index (χ2n) is 3.79. The molecule has 0 saturated heterocycles. The van der Waals surface area contributed by atoms with Crippen molar-refractivity contribution in [2.45, 2.75) is 37.7 Å². The Morgan fingerprint density at radius 1 is 1.54 bits per heavy atom. The summed E-state index contributed by atoms with van der Waals surface area (Å²) in [5.41, 5.74) is 0.0800. The SMILES string of the molecule is CC(O)C1(c2ccc(Br)s2)CCC1. The van der Waals surface area contributed by atoms with E-state index in [9.17, 15) is 5.11 Å². The summed E-state index contributed by atoms with van der Waals surface area (Å²) in [4.78, 5) is 1.33. The van der Waals surface area contributed by atoms with E-state index < -0.39 is 0 Å². The van der Waals surface area contributed by atoms with Crippen LogP contribution in [0.3, 0.4) is 0 Å². The summed E-state index contributed by atoms with van der Waals surface area (Å²) < 4.78 is 1.16. The smallest absolute Gasteiger partial charge is 0.0701 e. The fraction of sp³-hybridized carbons (Fsp3) is 0.600. The summed E-state index contributed by atoms with van der Waals surface area (Å²) in [6, 6.07) is 4.21. The van der Waals surface area contributed by atoms with Crippen molar-refractivity contribution in [3.8, 4) is 0 Å². The third-order valence-electron chi connectivity index (χ3n) is 3.11. The molecule has 1 saturated carbocycles. The van der Waals surface area contributed by atoms with Crippen LogP contribution in [0.2, 0.25) is 0 Å². The molecule has 13 heavy (non-hydrogen) atoms. The molecule has 1 aliphatic carbocycles. The van der Waals surface area contributed by atoms with Crippen molar-refractivity contribution in [1.29, 1.82) is 0 Å². The van der Waals surface area contributed by atoms with Crippen molar-refractivity contribution < 1.29 is 5.11 Å². The molecule has 1 fully saturated rings. The summed E-state index contributed by atoms with van der Waals surface area (Å²) in [6.07, 6.45) is 3.31. The second kappa shape index (κ2) is 3.37. The fourth-order valence-corrected chi connectivity index (χ4v) is 3.73. The zero-order chi connectivity index (χ0) is 9.47. The minimum atomic E-state index is -0.216. The quantitative estimate of drug-likeness (QED) is 0.865. The van der Waals surface area contributed by atoms with Gasteiger partial charge in [0.05, 0.1) is 9.89 Å². The van der Waals surface area contributed by atoms with Crippen LogP contribution in [0.1, 0.15) is 31.1 Å². The maximum atomic E-state index is 9.78. The normalized spacial score (nSPS) is 22.4. The first kappa shape index (κ1) is 9.69. The molecule has 0 bridgehead atoms. The fourth-order valence-electron chi connectivity index (χ4n) is 2.01. The van der Waals surface area contributed by atoms with Crippen LogP contribution in [0.15, 0.2) is 15.9 Å². The van der Waals surface area contributed by atoms with E-state index in [1.165, 1.54) is 11.3 Å². The molecule has 1 heterocycles. The monoisotopic (exact) mass is 260 g/mol. The van der Waals surface area contributed by atoms with Gasteiger partial charge in [-0.05, 0) is 47.8 Å². The number of hydrogen-bond acceptors (Lipinski definition) is 2. The topological polar surface area (TPSA) is 20.2 Å². The van der Waals surface area contributed by atoms with Crippen molar-refractivity contribution in [3.05, 3.63) is 20.8 Å². The van der Waals surface area contributed by atoms with Gasteiger partial charge in [0.15, 0.2) is 0 Å². The number of hydrogen-bond donors (Lipinski definition) is 1. The van der Waals surface area contributed by atoms with Crippen LogP contribution in [-0.2, 0) is 5.41 Å². The van der Waals surface area contributed by atoms with E-state index in [1.807, 2.05) is 6.92 Å². The second-order valence-corrected chi connectivity index (χ2v) is 6.25. The molecule has 0 amide bonds. The lowest BCUT2D eigenvalue weighted by Crippen LogP contribution is -2.43. The molecule has 0 aliphatic heterocycles. The van der Waals surface area contributed by atoms with Crippen LogP contribution < -0.4 is 0 Å². The molecule has 1 atom stereocenters. The highest BCUT2D eigenvalue weighted by Gasteiger charge is 2.43. The van der Waals surface area contributed by atoms with Gasteiger partial charge in [-0.1, -0.05) is 6.42 Å². The molecule has 3 heteroatoms. The van der Waals surface area contributed by atoms with Gasteiger partial charge in [-0.2, -0.15) is 0 Å². The van der Waals surface area contributed by atoms with E-state index in [0.29, 0.717) is 0 Å². The van der Waals surface area contributed by atoms with Crippen LogP contribution in [-0.4, -0.2) is 11.2 Å². The van der Waals surface area contributed by atoms with Gasteiger partial charge in [0, 0.05) is 10.3 Å². The molecule has 72 valence electrons. The first-order chi connectivity index (χ1) is 6.15. The van der Waals surface area contributed by atoms with Crippen molar-refractivity contribution in [2.75, 3.05) is 0 Å². The molecule has 1 nitrogen and oxygen atoms in total. The third-order valence-corrected chi connectivity index (χ3v) is 4.95. The average Bonchev–Trinajstić information content (AvgIpc) is 2.32. The Bertz CT molecular complexity index is 302. The van der Waals surface area contributed by atoms with E-state index in [4.69, 9.17) is 0 Å². The molecule has 0 radical (unpaired) electrons. The van der Waals surface area contributed by atoms with Gasteiger partial charge in [0.1, 0.15) is 0 Å². The Morgan fingerprint density at radius 3 is 2.54 bits per heavy atom. The van der Waals surface area contributed by atoms with Crippen molar-refractivity contribution in [1.82, 2.24) is 0 Å². The summed E-state index contributed by atoms with van der Waals surface area (Å²) in [5.74, 6) is 0. The summed E-state index contributed by atoms with van der Waals surface area (Å²) in [6.45, 7) is 1.91. The maximum Gasteiger partial charge on any atom is 0.0701 e. The predicted octanol–water partition coefficient (Wildman–Crippen LogP) is 3.31. The molecule has 1 N–H and O–H groups in total. The lowest BCUT2D eigenvalue weighted by molar-refractivity contribution is 0.0445. The van der Waals surface area contributed by atoms with Gasteiger partial charge in [0.2, 0.25) is 0 Å². The third kappa shape index (κ3) is 1.47. The Morgan fingerprint density at radius 2 is 2.23 bits per heavy atom. The van der Waals surface area contributed by atoms with Gasteiger partial charge in [-0.3, -0.25) is 0 Å². The van der Waals surface area contributed by atoms with Gasteiger partial charge in [0.25, 0.3) is 0 Å². The minimum absolute atomic E-state index is 0.0800. The molecule has 0 aromatic carbocycles. The summed E-state index contributed by atoms with van der Waals surface area (Å²) >= 11 is 5.22. The lowest BCUT2D eigenvalue weighted by Gasteiger charge is -2.43. The number of rotatable bonds is 2. The number of aliphatic hydroxyl groups excluding tert-OH is 1. The Hall–Kier alpha value is 0.140. The van der Waals surface area contributed by atoms with Gasteiger partial charge in [-0.25, -0.2) is 0 Å². The zero-order valence-electron chi connectivity index (χ0n) is 7.59. The van der Waals surface area contributed by atoms with Crippen LogP contribution in [0.5, 0.6) is 0 Å². The van der Waals surface area contributed by atoms with Gasteiger partial charge < -0.3 is 5.11 Å². The van der Waals surface area contributed by atoms with Crippen LogP contribution in [0.25, 0.3) is 0 Å².